The van der Waals surface area contributed by atoms with Crippen LogP contribution in [0.3, 0.4) is 0 Å². The second-order valence-electron chi connectivity index (χ2n) is 4.82. The van der Waals surface area contributed by atoms with Gasteiger partial charge in [0.05, 0.1) is 0 Å². The third-order valence-electron chi connectivity index (χ3n) is 3.72. The minimum atomic E-state index is -0.0731. The van der Waals surface area contributed by atoms with Crippen LogP contribution in [0, 0.1) is 12.7 Å². The van der Waals surface area contributed by atoms with E-state index in [-0.39, 0.29) is 5.82 Å². The summed E-state index contributed by atoms with van der Waals surface area (Å²) in [6.07, 6.45) is 4.20. The second kappa shape index (κ2) is 5.46. The van der Waals surface area contributed by atoms with Gasteiger partial charge in [0, 0.05) is 6.54 Å². The lowest BCUT2D eigenvalue weighted by atomic mass is 9.87. The van der Waals surface area contributed by atoms with Crippen LogP contribution in [0.2, 0.25) is 0 Å². The molecule has 0 bridgehead atoms. The second-order valence-corrected chi connectivity index (χ2v) is 4.82. The van der Waals surface area contributed by atoms with Gasteiger partial charge < -0.3 is 0 Å². The standard InChI is InChI=1S/C15H20FN/c1-3-9-17-10-7-13(8-11-17)14-5-4-6-15(16)12(14)2/h3-6,13H,1,7-11H2,2H3. The molecule has 0 spiro atoms. The zero-order chi connectivity index (χ0) is 12.3. The molecule has 1 aliphatic heterocycles. The average molecular weight is 233 g/mol. The topological polar surface area (TPSA) is 3.24 Å². The first-order valence-electron chi connectivity index (χ1n) is 6.30. The molecule has 17 heavy (non-hydrogen) atoms. The van der Waals surface area contributed by atoms with Crippen LogP contribution in [0.1, 0.15) is 29.9 Å². The quantitative estimate of drug-likeness (QED) is 0.722. The summed E-state index contributed by atoms with van der Waals surface area (Å²) in [6.45, 7) is 8.80. The van der Waals surface area contributed by atoms with Crippen molar-refractivity contribution in [2.45, 2.75) is 25.7 Å². The van der Waals surface area contributed by atoms with Crippen molar-refractivity contribution in [3.05, 3.63) is 47.8 Å². The van der Waals surface area contributed by atoms with Gasteiger partial charge in [0.15, 0.2) is 0 Å². The van der Waals surface area contributed by atoms with E-state index in [1.807, 2.05) is 19.1 Å². The van der Waals surface area contributed by atoms with Crippen molar-refractivity contribution in [3.63, 3.8) is 0 Å². The van der Waals surface area contributed by atoms with E-state index in [9.17, 15) is 4.39 Å². The molecule has 1 heterocycles. The smallest absolute Gasteiger partial charge is 0.126 e. The van der Waals surface area contributed by atoms with E-state index in [1.165, 1.54) is 5.56 Å². The van der Waals surface area contributed by atoms with Gasteiger partial charge in [-0.05, 0) is 56.0 Å². The number of likely N-dealkylation sites (tertiary alicyclic amines) is 1. The van der Waals surface area contributed by atoms with Gasteiger partial charge in [-0.3, -0.25) is 4.90 Å². The highest BCUT2D eigenvalue weighted by atomic mass is 19.1. The van der Waals surface area contributed by atoms with Crippen molar-refractivity contribution in [3.8, 4) is 0 Å². The van der Waals surface area contributed by atoms with Crippen LogP contribution in [0.4, 0.5) is 4.39 Å². The summed E-state index contributed by atoms with van der Waals surface area (Å²) in [4.78, 5) is 2.40. The first-order chi connectivity index (χ1) is 8.22. The number of piperidine rings is 1. The number of hydrogen-bond acceptors (Lipinski definition) is 1. The molecule has 1 aromatic rings. The molecule has 2 rings (SSSR count). The fourth-order valence-electron chi connectivity index (χ4n) is 2.68. The SMILES string of the molecule is C=CCN1CCC(c2cccc(F)c2C)CC1. The van der Waals surface area contributed by atoms with Crippen LogP contribution in [-0.4, -0.2) is 24.5 Å². The van der Waals surface area contributed by atoms with Gasteiger partial charge >= 0.3 is 0 Å². The number of benzene rings is 1. The summed E-state index contributed by atoms with van der Waals surface area (Å²) in [5.74, 6) is 0.447. The first kappa shape index (κ1) is 12.3. The summed E-state index contributed by atoms with van der Waals surface area (Å²) >= 11 is 0. The van der Waals surface area contributed by atoms with E-state index in [0.717, 1.165) is 38.0 Å². The van der Waals surface area contributed by atoms with Gasteiger partial charge in [-0.1, -0.05) is 18.2 Å². The molecular formula is C15H20FN. The third-order valence-corrected chi connectivity index (χ3v) is 3.72. The summed E-state index contributed by atoms with van der Waals surface area (Å²) < 4.78 is 13.5. The molecule has 1 aromatic carbocycles. The molecule has 1 aliphatic rings. The maximum atomic E-state index is 13.5. The van der Waals surface area contributed by atoms with E-state index < -0.39 is 0 Å². The van der Waals surface area contributed by atoms with Gasteiger partial charge in [-0.25, -0.2) is 4.39 Å². The van der Waals surface area contributed by atoms with Gasteiger partial charge in [0.2, 0.25) is 0 Å². The van der Waals surface area contributed by atoms with Crippen LogP contribution in [0.15, 0.2) is 30.9 Å². The zero-order valence-electron chi connectivity index (χ0n) is 10.5. The van der Waals surface area contributed by atoms with Crippen LogP contribution in [-0.2, 0) is 0 Å². The lowest BCUT2D eigenvalue weighted by Crippen LogP contribution is -2.33. The van der Waals surface area contributed by atoms with Crippen molar-refractivity contribution >= 4 is 0 Å². The maximum absolute atomic E-state index is 13.5. The van der Waals surface area contributed by atoms with Crippen LogP contribution < -0.4 is 0 Å². The molecule has 0 atom stereocenters. The Hall–Kier alpha value is -1.15. The molecule has 0 N–H and O–H groups in total. The highest BCUT2D eigenvalue weighted by Gasteiger charge is 2.21. The van der Waals surface area contributed by atoms with Crippen LogP contribution >= 0.6 is 0 Å². The minimum Gasteiger partial charge on any atom is -0.300 e. The number of nitrogens with zero attached hydrogens (tertiary/aromatic N) is 1. The van der Waals surface area contributed by atoms with E-state index in [2.05, 4.69) is 17.5 Å². The van der Waals surface area contributed by atoms with Crippen LogP contribution in [0.5, 0.6) is 0 Å². The normalized spacial score (nSPS) is 18.2. The first-order valence-corrected chi connectivity index (χ1v) is 6.30. The predicted molar refractivity (Wildman–Crippen MR) is 69.7 cm³/mol. The molecule has 92 valence electrons. The molecule has 0 unspecified atom stereocenters. The van der Waals surface area contributed by atoms with Gasteiger partial charge in [-0.15, -0.1) is 6.58 Å². The molecule has 0 aromatic heterocycles. The van der Waals surface area contributed by atoms with Gasteiger partial charge in [0.25, 0.3) is 0 Å². The lowest BCUT2D eigenvalue weighted by molar-refractivity contribution is 0.232. The molecule has 0 aliphatic carbocycles. The highest BCUT2D eigenvalue weighted by molar-refractivity contribution is 5.30. The van der Waals surface area contributed by atoms with E-state index in [0.29, 0.717) is 5.92 Å². The Bertz CT molecular complexity index is 392. The predicted octanol–water partition coefficient (Wildman–Crippen LogP) is 3.50. The van der Waals surface area contributed by atoms with Crippen molar-refractivity contribution in [2.75, 3.05) is 19.6 Å². The largest absolute Gasteiger partial charge is 0.300 e. The van der Waals surface area contributed by atoms with Gasteiger partial charge in [-0.2, -0.15) is 0 Å². The number of halogens is 1. The molecule has 2 heteroatoms. The Kier molecular flexibility index (Phi) is 3.95. The molecule has 0 amide bonds. The monoisotopic (exact) mass is 233 g/mol. The maximum Gasteiger partial charge on any atom is 0.126 e. The lowest BCUT2D eigenvalue weighted by Gasteiger charge is -2.32. The number of hydrogen-bond donors (Lipinski definition) is 0. The Balaban J connectivity index is 2.05. The summed E-state index contributed by atoms with van der Waals surface area (Å²) in [5, 5.41) is 0. The molecule has 1 nitrogen and oxygen atoms in total. The van der Waals surface area contributed by atoms with E-state index >= 15 is 0 Å². The molecule has 0 saturated carbocycles. The summed E-state index contributed by atoms with van der Waals surface area (Å²) in [7, 11) is 0. The van der Waals surface area contributed by atoms with Crippen molar-refractivity contribution < 1.29 is 4.39 Å². The third kappa shape index (κ3) is 2.75. The zero-order valence-corrected chi connectivity index (χ0v) is 10.5. The molecule has 1 fully saturated rings. The van der Waals surface area contributed by atoms with Gasteiger partial charge in [0.1, 0.15) is 5.82 Å². The Morgan fingerprint density at radius 2 is 2.12 bits per heavy atom. The fraction of sp³-hybridized carbons (Fsp3) is 0.467. The van der Waals surface area contributed by atoms with Crippen molar-refractivity contribution in [2.24, 2.45) is 0 Å². The average Bonchev–Trinajstić information content (AvgIpc) is 2.34. The fourth-order valence-corrected chi connectivity index (χ4v) is 2.68. The molecule has 0 radical (unpaired) electrons. The van der Waals surface area contributed by atoms with Crippen molar-refractivity contribution in [1.29, 1.82) is 0 Å². The van der Waals surface area contributed by atoms with E-state index in [1.54, 1.807) is 6.07 Å². The Labute approximate surface area is 103 Å². The summed E-state index contributed by atoms with van der Waals surface area (Å²) in [5.41, 5.74) is 2.03. The van der Waals surface area contributed by atoms with Crippen molar-refractivity contribution in [1.82, 2.24) is 4.90 Å². The number of rotatable bonds is 3. The minimum absolute atomic E-state index is 0.0731. The Morgan fingerprint density at radius 3 is 2.76 bits per heavy atom. The van der Waals surface area contributed by atoms with E-state index in [4.69, 9.17) is 0 Å². The summed E-state index contributed by atoms with van der Waals surface area (Å²) in [6, 6.07) is 5.45. The highest BCUT2D eigenvalue weighted by Crippen LogP contribution is 2.30. The molecule has 1 saturated heterocycles. The Morgan fingerprint density at radius 1 is 1.41 bits per heavy atom. The van der Waals surface area contributed by atoms with Crippen LogP contribution in [0.25, 0.3) is 0 Å². The molecular weight excluding hydrogens is 213 g/mol.